The van der Waals surface area contributed by atoms with Gasteiger partial charge in [0.2, 0.25) is 0 Å². The normalized spacial score (nSPS) is 18.8. The molecule has 1 aliphatic rings. The summed E-state index contributed by atoms with van der Waals surface area (Å²) in [6.45, 7) is 4.76. The van der Waals surface area contributed by atoms with Gasteiger partial charge in [-0.05, 0) is 44.3 Å². The average Bonchev–Trinajstić information content (AvgIpc) is 2.93. The van der Waals surface area contributed by atoms with E-state index in [2.05, 4.69) is 10.1 Å². The summed E-state index contributed by atoms with van der Waals surface area (Å²) in [4.78, 5) is 2.38. The smallest absolute Gasteiger partial charge is 0.133 e. The first-order valence-corrected chi connectivity index (χ1v) is 7.60. The molecule has 0 spiro atoms. The molecular formula is C17H22N2O2. The van der Waals surface area contributed by atoms with Gasteiger partial charge in [-0.1, -0.05) is 35.5 Å². The average molecular weight is 286 g/mol. The van der Waals surface area contributed by atoms with Crippen LogP contribution in [0.4, 0.5) is 0 Å². The highest BCUT2D eigenvalue weighted by molar-refractivity contribution is 5.18. The molecule has 1 aliphatic heterocycles. The number of hydrogen-bond donors (Lipinski definition) is 1. The van der Waals surface area contributed by atoms with Crippen molar-refractivity contribution >= 4 is 0 Å². The number of aliphatic hydroxyl groups is 1. The lowest BCUT2D eigenvalue weighted by atomic mass is 9.87. The molecule has 1 aromatic heterocycles. The number of aliphatic hydroxyl groups excluding tert-OH is 1. The second-order valence-corrected chi connectivity index (χ2v) is 5.90. The summed E-state index contributed by atoms with van der Waals surface area (Å²) < 4.78 is 5.11. The van der Waals surface area contributed by atoms with Crippen molar-refractivity contribution in [3.05, 3.63) is 53.4 Å². The zero-order valence-corrected chi connectivity index (χ0v) is 12.4. The topological polar surface area (TPSA) is 49.5 Å². The Morgan fingerprint density at radius 2 is 2.00 bits per heavy atom. The van der Waals surface area contributed by atoms with Gasteiger partial charge >= 0.3 is 0 Å². The number of rotatable bonds is 4. The van der Waals surface area contributed by atoms with E-state index >= 15 is 0 Å². The molecule has 1 saturated heterocycles. The molecule has 1 fully saturated rings. The molecule has 21 heavy (non-hydrogen) atoms. The summed E-state index contributed by atoms with van der Waals surface area (Å²) >= 11 is 0. The van der Waals surface area contributed by atoms with E-state index in [4.69, 9.17) is 4.52 Å². The number of aryl methyl sites for hydroxylation is 1. The highest BCUT2D eigenvalue weighted by Gasteiger charge is 2.26. The van der Waals surface area contributed by atoms with E-state index in [0.717, 1.165) is 49.5 Å². The van der Waals surface area contributed by atoms with Crippen molar-refractivity contribution in [1.82, 2.24) is 10.1 Å². The molecule has 0 aliphatic carbocycles. The van der Waals surface area contributed by atoms with Gasteiger partial charge in [0, 0.05) is 12.6 Å². The van der Waals surface area contributed by atoms with E-state index in [0.29, 0.717) is 5.92 Å². The summed E-state index contributed by atoms with van der Waals surface area (Å²) in [5, 5.41) is 14.5. The first-order chi connectivity index (χ1) is 10.2. The maximum absolute atomic E-state index is 10.5. The number of hydrogen-bond acceptors (Lipinski definition) is 4. The van der Waals surface area contributed by atoms with Gasteiger partial charge in [-0.3, -0.25) is 4.90 Å². The quantitative estimate of drug-likeness (QED) is 0.939. The summed E-state index contributed by atoms with van der Waals surface area (Å²) in [5.41, 5.74) is 2.03. The number of nitrogens with zero attached hydrogens (tertiary/aromatic N) is 2. The second kappa shape index (κ2) is 6.41. The molecule has 112 valence electrons. The van der Waals surface area contributed by atoms with Crippen LogP contribution in [0.3, 0.4) is 0 Å². The van der Waals surface area contributed by atoms with Crippen LogP contribution in [0.5, 0.6) is 0 Å². The lowest BCUT2D eigenvalue weighted by Gasteiger charge is -2.33. The van der Waals surface area contributed by atoms with Gasteiger partial charge in [0.15, 0.2) is 0 Å². The van der Waals surface area contributed by atoms with Gasteiger partial charge in [-0.2, -0.15) is 0 Å². The van der Waals surface area contributed by atoms with E-state index in [9.17, 15) is 5.11 Å². The Bertz CT molecular complexity index is 559. The Hall–Kier alpha value is -1.65. The van der Waals surface area contributed by atoms with Crippen LogP contribution in [-0.2, 0) is 6.54 Å². The Kier molecular flexibility index (Phi) is 4.36. The van der Waals surface area contributed by atoms with Crippen molar-refractivity contribution in [1.29, 1.82) is 0 Å². The molecule has 2 heterocycles. The van der Waals surface area contributed by atoms with Gasteiger partial charge in [0.25, 0.3) is 0 Å². The Labute approximate surface area is 125 Å². The molecule has 1 atom stereocenters. The zero-order valence-electron chi connectivity index (χ0n) is 12.4. The van der Waals surface area contributed by atoms with E-state index in [1.807, 2.05) is 43.3 Å². The number of piperidine rings is 1. The lowest BCUT2D eigenvalue weighted by Crippen LogP contribution is -2.35. The fourth-order valence-electron chi connectivity index (χ4n) is 3.07. The molecule has 0 radical (unpaired) electrons. The first-order valence-electron chi connectivity index (χ1n) is 7.60. The lowest BCUT2D eigenvalue weighted by molar-refractivity contribution is 0.0561. The van der Waals surface area contributed by atoms with Crippen molar-refractivity contribution in [2.24, 2.45) is 5.92 Å². The van der Waals surface area contributed by atoms with E-state index in [1.54, 1.807) is 0 Å². The maximum atomic E-state index is 10.5. The SMILES string of the molecule is Cc1cc(CN2CCC(C(O)c3ccccc3)CC2)no1. The number of likely N-dealkylation sites (tertiary alicyclic amines) is 1. The van der Waals surface area contributed by atoms with Gasteiger partial charge in [-0.25, -0.2) is 0 Å². The van der Waals surface area contributed by atoms with E-state index in [1.165, 1.54) is 0 Å². The highest BCUT2D eigenvalue weighted by atomic mass is 16.5. The number of aromatic nitrogens is 1. The Balaban J connectivity index is 1.53. The summed E-state index contributed by atoms with van der Waals surface area (Å²) in [7, 11) is 0. The largest absolute Gasteiger partial charge is 0.388 e. The molecule has 0 bridgehead atoms. The number of benzene rings is 1. The van der Waals surface area contributed by atoms with Crippen LogP contribution in [0, 0.1) is 12.8 Å². The van der Waals surface area contributed by atoms with Gasteiger partial charge in [0.1, 0.15) is 5.76 Å². The van der Waals surface area contributed by atoms with Crippen molar-refractivity contribution in [3.63, 3.8) is 0 Å². The van der Waals surface area contributed by atoms with E-state index in [-0.39, 0.29) is 6.10 Å². The van der Waals surface area contributed by atoms with E-state index < -0.39 is 0 Å². The fraction of sp³-hybridized carbons (Fsp3) is 0.471. The van der Waals surface area contributed by atoms with Crippen LogP contribution in [0.15, 0.2) is 40.9 Å². The third kappa shape index (κ3) is 3.52. The fourth-order valence-corrected chi connectivity index (χ4v) is 3.07. The monoisotopic (exact) mass is 286 g/mol. The van der Waals surface area contributed by atoms with Crippen LogP contribution in [0.2, 0.25) is 0 Å². The highest BCUT2D eigenvalue weighted by Crippen LogP contribution is 2.30. The Morgan fingerprint density at radius 1 is 1.29 bits per heavy atom. The van der Waals surface area contributed by atoms with Crippen LogP contribution in [0.1, 0.15) is 36.0 Å². The van der Waals surface area contributed by atoms with Gasteiger partial charge in [0.05, 0.1) is 11.8 Å². The molecular weight excluding hydrogens is 264 g/mol. The third-order valence-electron chi connectivity index (χ3n) is 4.28. The molecule has 4 heteroatoms. The zero-order chi connectivity index (χ0) is 14.7. The molecule has 1 aromatic carbocycles. The van der Waals surface area contributed by atoms with Crippen LogP contribution in [-0.4, -0.2) is 28.3 Å². The van der Waals surface area contributed by atoms with Crippen molar-refractivity contribution in [2.45, 2.75) is 32.4 Å². The standard InChI is InChI=1S/C17H22N2O2/c1-13-11-16(18-21-13)12-19-9-7-15(8-10-19)17(20)14-5-3-2-4-6-14/h2-6,11,15,17,20H,7-10,12H2,1H3. The summed E-state index contributed by atoms with van der Waals surface area (Å²) in [5.74, 6) is 1.21. The molecule has 1 N–H and O–H groups in total. The van der Waals surface area contributed by atoms with Gasteiger partial charge in [-0.15, -0.1) is 0 Å². The minimum absolute atomic E-state index is 0.345. The predicted octanol–water partition coefficient (Wildman–Crippen LogP) is 2.93. The van der Waals surface area contributed by atoms with Crippen molar-refractivity contribution in [2.75, 3.05) is 13.1 Å². The summed E-state index contributed by atoms with van der Waals surface area (Å²) in [6, 6.07) is 12.0. The second-order valence-electron chi connectivity index (χ2n) is 5.90. The Morgan fingerprint density at radius 3 is 2.62 bits per heavy atom. The molecule has 0 amide bonds. The molecule has 3 rings (SSSR count). The maximum Gasteiger partial charge on any atom is 0.133 e. The van der Waals surface area contributed by atoms with Gasteiger partial charge < -0.3 is 9.63 Å². The molecule has 0 saturated carbocycles. The van der Waals surface area contributed by atoms with Crippen molar-refractivity contribution < 1.29 is 9.63 Å². The minimum atomic E-state index is -0.345. The summed E-state index contributed by atoms with van der Waals surface area (Å²) in [6.07, 6.45) is 1.70. The predicted molar refractivity (Wildman–Crippen MR) is 80.6 cm³/mol. The van der Waals surface area contributed by atoms with Crippen LogP contribution < -0.4 is 0 Å². The third-order valence-corrected chi connectivity index (χ3v) is 4.28. The van der Waals surface area contributed by atoms with Crippen LogP contribution in [0.25, 0.3) is 0 Å². The molecule has 4 nitrogen and oxygen atoms in total. The molecule has 2 aromatic rings. The van der Waals surface area contributed by atoms with Crippen LogP contribution >= 0.6 is 0 Å². The van der Waals surface area contributed by atoms with Crippen molar-refractivity contribution in [3.8, 4) is 0 Å². The minimum Gasteiger partial charge on any atom is -0.388 e. The first kappa shape index (κ1) is 14.3. The molecule has 1 unspecified atom stereocenters.